The summed E-state index contributed by atoms with van der Waals surface area (Å²) >= 11 is 0. The van der Waals surface area contributed by atoms with E-state index < -0.39 is 0 Å². The first-order valence-corrected chi connectivity index (χ1v) is 3.81. The van der Waals surface area contributed by atoms with E-state index in [2.05, 4.69) is 0 Å². The summed E-state index contributed by atoms with van der Waals surface area (Å²) in [6, 6.07) is 0. The third kappa shape index (κ3) is 2.03. The van der Waals surface area contributed by atoms with E-state index in [-0.39, 0.29) is 30.2 Å². The summed E-state index contributed by atoms with van der Waals surface area (Å²) in [5, 5.41) is 0. The van der Waals surface area contributed by atoms with Crippen LogP contribution in [-0.2, 0) is 14.3 Å². The van der Waals surface area contributed by atoms with Gasteiger partial charge in [-0.05, 0) is 5.92 Å². The van der Waals surface area contributed by atoms with E-state index in [1.165, 1.54) is 0 Å². The van der Waals surface area contributed by atoms with E-state index >= 15 is 0 Å². The Balaban J connectivity index is 2.56. The molecule has 1 heterocycles. The third-order valence-electron chi connectivity index (χ3n) is 1.80. The molecule has 0 aromatic rings. The summed E-state index contributed by atoms with van der Waals surface area (Å²) in [6.45, 7) is 3.88. The highest BCUT2D eigenvalue weighted by molar-refractivity contribution is 5.97. The molecule has 1 saturated heterocycles. The predicted molar refractivity (Wildman–Crippen MR) is 39.0 cm³/mol. The molecule has 0 saturated carbocycles. The zero-order valence-electron chi connectivity index (χ0n) is 6.79. The number of esters is 1. The van der Waals surface area contributed by atoms with E-state index in [1.54, 1.807) is 0 Å². The van der Waals surface area contributed by atoms with Crippen LogP contribution in [0, 0.1) is 5.92 Å². The molecule has 0 radical (unpaired) electrons. The molecule has 1 aliphatic rings. The molecule has 0 amide bonds. The zero-order chi connectivity index (χ0) is 8.43. The Labute approximate surface area is 65.7 Å². The molecular weight excluding hydrogens is 144 g/mol. The predicted octanol–water partition coefficient (Wildman–Crippen LogP) is 0.917. The first kappa shape index (κ1) is 8.24. The minimum Gasteiger partial charge on any atom is -0.461 e. The lowest BCUT2D eigenvalue weighted by molar-refractivity contribution is -0.160. The van der Waals surface area contributed by atoms with Gasteiger partial charge in [-0.3, -0.25) is 9.59 Å². The van der Waals surface area contributed by atoms with Crippen molar-refractivity contribution in [1.82, 2.24) is 0 Å². The molecule has 0 aromatic heterocycles. The van der Waals surface area contributed by atoms with Crippen molar-refractivity contribution in [1.29, 1.82) is 0 Å². The Hall–Kier alpha value is -0.860. The van der Waals surface area contributed by atoms with Gasteiger partial charge in [-0.2, -0.15) is 0 Å². The van der Waals surface area contributed by atoms with Gasteiger partial charge >= 0.3 is 5.97 Å². The van der Waals surface area contributed by atoms with Gasteiger partial charge in [-0.1, -0.05) is 13.8 Å². The van der Waals surface area contributed by atoms with Crippen molar-refractivity contribution >= 4 is 11.8 Å². The second-order valence-electron chi connectivity index (χ2n) is 3.19. The maximum atomic E-state index is 10.9. The Morgan fingerprint density at radius 1 is 1.45 bits per heavy atom. The lowest BCUT2D eigenvalue weighted by atomic mass is 9.98. The van der Waals surface area contributed by atoms with Crippen LogP contribution in [-0.4, -0.2) is 17.9 Å². The van der Waals surface area contributed by atoms with Gasteiger partial charge in [-0.25, -0.2) is 0 Å². The van der Waals surface area contributed by atoms with Gasteiger partial charge in [0.15, 0.2) is 0 Å². The van der Waals surface area contributed by atoms with Crippen molar-refractivity contribution in [3.8, 4) is 0 Å². The highest BCUT2D eigenvalue weighted by Crippen LogP contribution is 2.17. The van der Waals surface area contributed by atoms with Crippen molar-refractivity contribution in [2.75, 3.05) is 0 Å². The summed E-state index contributed by atoms with van der Waals surface area (Å²) in [7, 11) is 0. The van der Waals surface area contributed by atoms with Crippen LogP contribution in [0.5, 0.6) is 0 Å². The van der Waals surface area contributed by atoms with Gasteiger partial charge in [-0.15, -0.1) is 0 Å². The van der Waals surface area contributed by atoms with E-state index in [9.17, 15) is 9.59 Å². The molecule has 0 aliphatic carbocycles. The fourth-order valence-corrected chi connectivity index (χ4v) is 1.08. The van der Waals surface area contributed by atoms with Crippen LogP contribution < -0.4 is 0 Å². The van der Waals surface area contributed by atoms with Crippen LogP contribution in [0.15, 0.2) is 0 Å². The maximum absolute atomic E-state index is 10.9. The summed E-state index contributed by atoms with van der Waals surface area (Å²) in [5.41, 5.74) is 0. The van der Waals surface area contributed by atoms with Crippen molar-refractivity contribution in [2.24, 2.45) is 5.92 Å². The van der Waals surface area contributed by atoms with Gasteiger partial charge in [0, 0.05) is 6.42 Å². The molecular formula is C8H12O3. The second kappa shape index (κ2) is 3.03. The molecule has 0 spiro atoms. The third-order valence-corrected chi connectivity index (χ3v) is 1.80. The average molecular weight is 156 g/mol. The minimum absolute atomic E-state index is 0.0000463. The standard InChI is InChI=1S/C8H12O3/c1-5(2)7-3-6(9)4-8(10)11-7/h5,7H,3-4H2,1-2H3/t7-/m0/s1. The first-order chi connectivity index (χ1) is 5.09. The fraction of sp³-hybridized carbons (Fsp3) is 0.750. The van der Waals surface area contributed by atoms with Crippen LogP contribution in [0.3, 0.4) is 0 Å². The second-order valence-corrected chi connectivity index (χ2v) is 3.19. The van der Waals surface area contributed by atoms with Gasteiger partial charge < -0.3 is 4.74 Å². The van der Waals surface area contributed by atoms with Crippen LogP contribution in [0.25, 0.3) is 0 Å². The summed E-state index contributed by atoms with van der Waals surface area (Å²) < 4.78 is 4.96. The Morgan fingerprint density at radius 2 is 2.09 bits per heavy atom. The molecule has 0 aromatic carbocycles. The number of carbonyl (C=O) groups is 2. The topological polar surface area (TPSA) is 43.4 Å². The van der Waals surface area contributed by atoms with Crippen LogP contribution in [0.1, 0.15) is 26.7 Å². The molecule has 0 unspecified atom stereocenters. The summed E-state index contributed by atoms with van der Waals surface area (Å²) in [6.07, 6.45) is 0.163. The molecule has 11 heavy (non-hydrogen) atoms. The molecule has 3 nitrogen and oxygen atoms in total. The molecule has 0 N–H and O–H groups in total. The quantitative estimate of drug-likeness (QED) is 0.418. The number of rotatable bonds is 1. The smallest absolute Gasteiger partial charge is 0.313 e. The Morgan fingerprint density at radius 3 is 2.55 bits per heavy atom. The minimum atomic E-state index is -0.375. The molecule has 1 aliphatic heterocycles. The molecule has 0 bridgehead atoms. The van der Waals surface area contributed by atoms with E-state index in [0.717, 1.165) is 0 Å². The van der Waals surface area contributed by atoms with Crippen molar-refractivity contribution in [2.45, 2.75) is 32.8 Å². The van der Waals surface area contributed by atoms with Gasteiger partial charge in [0.1, 0.15) is 18.3 Å². The lowest BCUT2D eigenvalue weighted by Crippen LogP contribution is -2.33. The zero-order valence-corrected chi connectivity index (χ0v) is 6.79. The molecule has 1 fully saturated rings. The van der Waals surface area contributed by atoms with Crippen molar-refractivity contribution in [3.63, 3.8) is 0 Å². The Kier molecular flexibility index (Phi) is 2.27. The van der Waals surface area contributed by atoms with Crippen LogP contribution in [0.4, 0.5) is 0 Å². The lowest BCUT2D eigenvalue weighted by Gasteiger charge is -2.24. The molecule has 1 atom stereocenters. The number of ketones is 1. The first-order valence-electron chi connectivity index (χ1n) is 3.81. The van der Waals surface area contributed by atoms with Gasteiger partial charge in [0.25, 0.3) is 0 Å². The normalized spacial score (nSPS) is 25.5. The number of carbonyl (C=O) groups excluding carboxylic acids is 2. The Bertz CT molecular complexity index is 168. The van der Waals surface area contributed by atoms with Crippen LogP contribution in [0.2, 0.25) is 0 Å². The molecule has 1 rings (SSSR count). The monoisotopic (exact) mass is 156 g/mol. The fourth-order valence-electron chi connectivity index (χ4n) is 1.08. The number of hydrogen-bond acceptors (Lipinski definition) is 3. The molecule has 3 heteroatoms. The average Bonchev–Trinajstić information content (AvgIpc) is 1.85. The van der Waals surface area contributed by atoms with Crippen molar-refractivity contribution in [3.05, 3.63) is 0 Å². The van der Waals surface area contributed by atoms with E-state index in [1.807, 2.05) is 13.8 Å². The van der Waals surface area contributed by atoms with Gasteiger partial charge in [0.05, 0.1) is 0 Å². The molecule has 62 valence electrons. The number of ether oxygens (including phenoxy) is 1. The van der Waals surface area contributed by atoms with Crippen molar-refractivity contribution < 1.29 is 14.3 Å². The largest absolute Gasteiger partial charge is 0.461 e. The summed E-state index contributed by atoms with van der Waals surface area (Å²) in [4.78, 5) is 21.6. The van der Waals surface area contributed by atoms with Crippen LogP contribution >= 0.6 is 0 Å². The SMILES string of the molecule is CC(C)[C@@H]1CC(=O)CC(=O)O1. The highest BCUT2D eigenvalue weighted by atomic mass is 16.5. The summed E-state index contributed by atoms with van der Waals surface area (Å²) in [5.74, 6) is -0.136. The number of Topliss-reactive ketones (excluding diaryl/α,β-unsaturated/α-hetero) is 1. The van der Waals surface area contributed by atoms with E-state index in [4.69, 9.17) is 4.74 Å². The van der Waals surface area contributed by atoms with E-state index in [0.29, 0.717) is 6.42 Å². The van der Waals surface area contributed by atoms with Gasteiger partial charge in [0.2, 0.25) is 0 Å². The highest BCUT2D eigenvalue weighted by Gasteiger charge is 2.28. The number of cyclic esters (lactones) is 1. The number of hydrogen-bond donors (Lipinski definition) is 0. The maximum Gasteiger partial charge on any atom is 0.313 e.